The maximum atomic E-state index is 13.2. The van der Waals surface area contributed by atoms with Gasteiger partial charge in [0.25, 0.3) is 0 Å². The molecule has 39 heavy (non-hydrogen) atoms. The Morgan fingerprint density at radius 2 is 1.79 bits per heavy atom. The number of unbranched alkanes of at least 4 members (excludes halogenated alkanes) is 10. The molecule has 4 atom stereocenters. The lowest BCUT2D eigenvalue weighted by Crippen LogP contribution is -2.76. The van der Waals surface area contributed by atoms with Crippen LogP contribution in [0.5, 0.6) is 11.5 Å². The molecule has 6 nitrogen and oxygen atoms in total. The van der Waals surface area contributed by atoms with Gasteiger partial charge in [-0.1, -0.05) is 83.3 Å². The van der Waals surface area contributed by atoms with Crippen molar-refractivity contribution in [2.75, 3.05) is 13.1 Å². The summed E-state index contributed by atoms with van der Waals surface area (Å²) in [6.07, 6.45) is 17.2. The van der Waals surface area contributed by atoms with Crippen LogP contribution in [0.4, 0.5) is 0 Å². The topological polar surface area (TPSA) is 76.1 Å². The summed E-state index contributed by atoms with van der Waals surface area (Å²) in [6.45, 7) is 7.64. The van der Waals surface area contributed by atoms with Gasteiger partial charge < -0.3 is 14.6 Å². The molecule has 2 aliphatic carbocycles. The van der Waals surface area contributed by atoms with Gasteiger partial charge in [0.2, 0.25) is 0 Å². The highest BCUT2D eigenvalue weighted by atomic mass is 16.6. The zero-order valence-electron chi connectivity index (χ0n) is 23.8. The molecule has 6 heteroatoms. The van der Waals surface area contributed by atoms with Crippen LogP contribution in [0.15, 0.2) is 24.8 Å². The number of Topliss-reactive ketones (excluding diaryl/α,β-unsaturated/α-hetero) is 1. The number of benzene rings is 1. The number of carbonyl (C=O) groups excluding carboxylic acids is 2. The molecule has 4 aliphatic rings. The molecule has 5 rings (SSSR count). The normalized spacial score (nSPS) is 28.6. The van der Waals surface area contributed by atoms with Crippen molar-refractivity contribution in [1.29, 1.82) is 0 Å². The smallest absolute Gasteiger partial charge is 0.311 e. The van der Waals surface area contributed by atoms with Crippen molar-refractivity contribution in [2.45, 2.75) is 133 Å². The molecule has 1 spiro atoms. The second kappa shape index (κ2) is 12.1. The van der Waals surface area contributed by atoms with E-state index in [4.69, 9.17) is 9.47 Å². The number of likely N-dealkylation sites (tertiary alicyclic amines) is 1. The molecule has 1 saturated carbocycles. The van der Waals surface area contributed by atoms with Crippen molar-refractivity contribution in [1.82, 2.24) is 4.90 Å². The van der Waals surface area contributed by atoms with Crippen LogP contribution in [-0.4, -0.2) is 52.6 Å². The van der Waals surface area contributed by atoms with Gasteiger partial charge in [0.05, 0.1) is 11.0 Å². The predicted molar refractivity (Wildman–Crippen MR) is 152 cm³/mol. The van der Waals surface area contributed by atoms with Gasteiger partial charge >= 0.3 is 5.97 Å². The van der Waals surface area contributed by atoms with Crippen LogP contribution >= 0.6 is 0 Å². The van der Waals surface area contributed by atoms with Gasteiger partial charge in [-0.2, -0.15) is 0 Å². The molecule has 2 heterocycles. The minimum Gasteiger partial charge on any atom is -0.477 e. The molecule has 2 aliphatic heterocycles. The lowest BCUT2D eigenvalue weighted by molar-refractivity contribution is -0.187. The van der Waals surface area contributed by atoms with Crippen molar-refractivity contribution < 1.29 is 24.2 Å². The predicted octanol–water partition coefficient (Wildman–Crippen LogP) is 6.20. The van der Waals surface area contributed by atoms with Crippen LogP contribution in [0.2, 0.25) is 0 Å². The number of rotatable bonds is 15. The second-order valence-electron chi connectivity index (χ2n) is 12.3. The number of ketones is 1. The molecule has 0 radical (unpaired) electrons. The highest BCUT2D eigenvalue weighted by Crippen LogP contribution is 2.64. The van der Waals surface area contributed by atoms with Crippen molar-refractivity contribution in [2.24, 2.45) is 0 Å². The summed E-state index contributed by atoms with van der Waals surface area (Å²) in [6, 6.07) is 3.75. The van der Waals surface area contributed by atoms with Crippen LogP contribution in [0.25, 0.3) is 0 Å². The fraction of sp³-hybridized carbons (Fsp3) is 0.697. The zero-order valence-corrected chi connectivity index (χ0v) is 23.8. The number of esters is 1. The van der Waals surface area contributed by atoms with E-state index in [-0.39, 0.29) is 17.8 Å². The van der Waals surface area contributed by atoms with Crippen LogP contribution in [0.1, 0.15) is 114 Å². The number of carbonyl (C=O) groups is 2. The van der Waals surface area contributed by atoms with Gasteiger partial charge in [-0.3, -0.25) is 14.5 Å². The molecule has 0 amide bonds. The van der Waals surface area contributed by atoms with Gasteiger partial charge in [0.1, 0.15) is 0 Å². The molecule has 1 aromatic rings. The molecular weight excluding hydrogens is 490 g/mol. The summed E-state index contributed by atoms with van der Waals surface area (Å²) in [5.74, 6) is 0.689. The summed E-state index contributed by atoms with van der Waals surface area (Å²) in [5, 5.41) is 12.3. The van der Waals surface area contributed by atoms with E-state index in [9.17, 15) is 14.7 Å². The Morgan fingerprint density at radius 3 is 2.49 bits per heavy atom. The van der Waals surface area contributed by atoms with Gasteiger partial charge in [-0.05, 0) is 37.3 Å². The average Bonchev–Trinajstić information content (AvgIpc) is 3.28. The minimum absolute atomic E-state index is 0.0397. The molecular formula is C33H47NO5. The first-order valence-electron chi connectivity index (χ1n) is 15.6. The van der Waals surface area contributed by atoms with Crippen LogP contribution in [-0.2, 0) is 21.4 Å². The van der Waals surface area contributed by atoms with Crippen molar-refractivity contribution in [3.8, 4) is 11.5 Å². The fourth-order valence-electron chi connectivity index (χ4n) is 7.97. The van der Waals surface area contributed by atoms with E-state index >= 15 is 0 Å². The van der Waals surface area contributed by atoms with Crippen LogP contribution in [0, 0.1) is 0 Å². The van der Waals surface area contributed by atoms with Gasteiger partial charge in [-0.25, -0.2) is 0 Å². The van der Waals surface area contributed by atoms with Gasteiger partial charge in [0, 0.05) is 37.5 Å². The maximum Gasteiger partial charge on any atom is 0.311 e. The Kier molecular flexibility index (Phi) is 8.82. The van der Waals surface area contributed by atoms with E-state index in [0.717, 1.165) is 36.9 Å². The Balaban J connectivity index is 1.20. The minimum atomic E-state index is -1.05. The third-order valence-electron chi connectivity index (χ3n) is 9.93. The molecule has 0 aromatic heterocycles. The monoisotopic (exact) mass is 537 g/mol. The van der Waals surface area contributed by atoms with Gasteiger partial charge in [0.15, 0.2) is 23.4 Å². The Bertz CT molecular complexity index is 1070. The molecule has 2 bridgehead atoms. The van der Waals surface area contributed by atoms with E-state index in [0.29, 0.717) is 50.1 Å². The lowest BCUT2D eigenvalue weighted by atomic mass is 9.49. The van der Waals surface area contributed by atoms with E-state index in [1.165, 1.54) is 51.4 Å². The number of hydrogen-bond donors (Lipinski definition) is 1. The zero-order chi connectivity index (χ0) is 27.5. The van der Waals surface area contributed by atoms with Crippen LogP contribution < -0.4 is 9.47 Å². The number of aliphatic hydroxyl groups is 1. The van der Waals surface area contributed by atoms with Crippen molar-refractivity contribution >= 4 is 11.8 Å². The third kappa shape index (κ3) is 5.08. The van der Waals surface area contributed by atoms with Crippen molar-refractivity contribution in [3.05, 3.63) is 35.9 Å². The largest absolute Gasteiger partial charge is 0.477 e. The maximum absolute atomic E-state index is 13.2. The summed E-state index contributed by atoms with van der Waals surface area (Å²) < 4.78 is 12.2. The van der Waals surface area contributed by atoms with E-state index in [1.54, 1.807) is 0 Å². The number of hydrogen-bond acceptors (Lipinski definition) is 6. The van der Waals surface area contributed by atoms with E-state index in [1.807, 2.05) is 18.2 Å². The van der Waals surface area contributed by atoms with Gasteiger partial charge in [-0.15, -0.1) is 6.58 Å². The summed E-state index contributed by atoms with van der Waals surface area (Å²) >= 11 is 0. The third-order valence-corrected chi connectivity index (χ3v) is 9.93. The lowest BCUT2D eigenvalue weighted by Gasteiger charge is -2.62. The van der Waals surface area contributed by atoms with Crippen molar-refractivity contribution in [3.63, 3.8) is 0 Å². The summed E-state index contributed by atoms with van der Waals surface area (Å²) in [4.78, 5) is 28.3. The SMILES string of the molecule is C=CCN1CC[C@]23c4c5ccc(OC(=O)CCCCCCCCCCCCC)c4O[C@@H]2C(=O)CC[C@@]3(O)[C@@H]1C5. The Morgan fingerprint density at radius 1 is 1.10 bits per heavy atom. The molecule has 1 saturated heterocycles. The Hall–Kier alpha value is -2.18. The number of piperidine rings is 1. The standard InChI is InChI=1S/C33H47NO5/c1-3-5-6-7-8-9-10-11-12-13-14-15-28(36)38-26-17-16-24-23-27-33(37)19-18-25(35)31-32(33,29(24)30(26)39-31)20-22-34(27)21-4-2/h4,16-17,27,31,37H,2-3,5-15,18-23H2,1H3/t27-,31+,32-,33+/m0/s1. The van der Waals surface area contributed by atoms with E-state index < -0.39 is 17.1 Å². The molecule has 1 N–H and O–H groups in total. The number of nitrogens with zero attached hydrogens (tertiary/aromatic N) is 1. The quantitative estimate of drug-likeness (QED) is 0.124. The number of ether oxygens (including phenoxy) is 2. The van der Waals surface area contributed by atoms with Crippen LogP contribution in [0.3, 0.4) is 0 Å². The van der Waals surface area contributed by atoms with E-state index in [2.05, 4.69) is 18.4 Å². The highest BCUT2D eigenvalue weighted by Gasteiger charge is 2.73. The second-order valence-corrected chi connectivity index (χ2v) is 12.3. The molecule has 2 fully saturated rings. The summed E-state index contributed by atoms with van der Waals surface area (Å²) in [5.41, 5.74) is 0.184. The first-order valence-corrected chi connectivity index (χ1v) is 15.6. The molecule has 1 aromatic carbocycles. The average molecular weight is 538 g/mol. The first kappa shape index (κ1) is 28.4. The summed E-state index contributed by atoms with van der Waals surface area (Å²) in [7, 11) is 0. The molecule has 214 valence electrons. The highest BCUT2D eigenvalue weighted by molar-refractivity contribution is 5.90. The first-order chi connectivity index (χ1) is 19.0. The Labute approximate surface area is 234 Å². The fourth-order valence-corrected chi connectivity index (χ4v) is 7.97. The molecule has 0 unspecified atom stereocenters.